The molecule has 0 radical (unpaired) electrons. The number of amides is 1. The zero-order valence-electron chi connectivity index (χ0n) is 11.4. The fourth-order valence-electron chi connectivity index (χ4n) is 1.57. The van der Waals surface area contributed by atoms with Gasteiger partial charge in [-0.3, -0.25) is 4.79 Å². The van der Waals surface area contributed by atoms with Crippen molar-refractivity contribution in [3.8, 4) is 5.75 Å². The number of rotatable bonds is 5. The molecule has 0 aliphatic carbocycles. The van der Waals surface area contributed by atoms with E-state index in [1.165, 1.54) is 12.1 Å². The number of nitrogens with one attached hydrogen (secondary N) is 1. The number of hydrogen-bond donors (Lipinski definition) is 1. The molecule has 112 valence electrons. The van der Waals surface area contributed by atoms with Gasteiger partial charge in [-0.05, 0) is 32.0 Å². The van der Waals surface area contributed by atoms with Crippen molar-refractivity contribution in [2.24, 2.45) is 0 Å². The first-order valence-electron chi connectivity index (χ1n) is 6.13. The Labute approximate surface area is 128 Å². The molecule has 0 bridgehead atoms. The van der Waals surface area contributed by atoms with E-state index >= 15 is 0 Å². The summed E-state index contributed by atoms with van der Waals surface area (Å²) in [6.45, 7) is 3.07. The van der Waals surface area contributed by atoms with Crippen molar-refractivity contribution in [3.05, 3.63) is 40.2 Å². The van der Waals surface area contributed by atoms with Crippen LogP contribution in [0.2, 0.25) is 0 Å². The van der Waals surface area contributed by atoms with Crippen LogP contribution >= 0.6 is 15.9 Å². The Kier molecular flexibility index (Phi) is 4.89. The summed E-state index contributed by atoms with van der Waals surface area (Å²) >= 11 is 3.14. The predicted molar refractivity (Wildman–Crippen MR) is 75.2 cm³/mol. The minimum atomic E-state index is -0.544. The maximum atomic E-state index is 13.5. The Morgan fingerprint density at radius 2 is 2.33 bits per heavy atom. The molecule has 0 saturated carbocycles. The van der Waals surface area contributed by atoms with Crippen LogP contribution in [0.15, 0.2) is 27.2 Å². The minimum Gasteiger partial charge on any atom is -0.481 e. The monoisotopic (exact) mass is 357 g/mol. The molecule has 2 aromatic rings. The molecule has 0 aliphatic heterocycles. The van der Waals surface area contributed by atoms with Crippen LogP contribution in [0.5, 0.6) is 5.75 Å². The summed E-state index contributed by atoms with van der Waals surface area (Å²) in [6, 6.07) is 3.88. The van der Waals surface area contributed by atoms with Gasteiger partial charge in [0.1, 0.15) is 6.04 Å². The van der Waals surface area contributed by atoms with Gasteiger partial charge in [0.25, 0.3) is 5.91 Å². The summed E-state index contributed by atoms with van der Waals surface area (Å²) in [6.07, 6.45) is 0. The number of nitrogens with zero attached hydrogens (tertiary/aromatic N) is 2. The third-order valence-corrected chi connectivity index (χ3v) is 3.04. The standard InChI is InChI=1S/C13H13BrFN3O3/c1-7(13-17-8(2)18-21-13)16-12(19)6-20-11-4-3-9(14)5-10(11)15/h3-5,7H,6H2,1-2H3,(H,16,19)/t7-/m0/s1. The van der Waals surface area contributed by atoms with Gasteiger partial charge >= 0.3 is 0 Å². The van der Waals surface area contributed by atoms with E-state index in [9.17, 15) is 9.18 Å². The van der Waals surface area contributed by atoms with Crippen LogP contribution in [0, 0.1) is 12.7 Å². The maximum absolute atomic E-state index is 13.5. The van der Waals surface area contributed by atoms with Crippen LogP contribution in [-0.4, -0.2) is 22.7 Å². The van der Waals surface area contributed by atoms with Crippen molar-refractivity contribution in [3.63, 3.8) is 0 Å². The number of halogens is 2. The quantitative estimate of drug-likeness (QED) is 0.889. The van der Waals surface area contributed by atoms with Gasteiger partial charge in [-0.25, -0.2) is 4.39 Å². The molecule has 1 heterocycles. The lowest BCUT2D eigenvalue weighted by Crippen LogP contribution is -2.31. The largest absolute Gasteiger partial charge is 0.481 e. The lowest BCUT2D eigenvalue weighted by molar-refractivity contribution is -0.123. The van der Waals surface area contributed by atoms with Crippen LogP contribution in [-0.2, 0) is 4.79 Å². The Balaban J connectivity index is 1.87. The summed E-state index contributed by atoms with van der Waals surface area (Å²) in [7, 11) is 0. The van der Waals surface area contributed by atoms with Crippen LogP contribution in [0.25, 0.3) is 0 Å². The Hall–Kier alpha value is -1.96. The lowest BCUT2D eigenvalue weighted by atomic mass is 10.3. The van der Waals surface area contributed by atoms with Crippen LogP contribution in [0.3, 0.4) is 0 Å². The van der Waals surface area contributed by atoms with Gasteiger partial charge in [-0.15, -0.1) is 0 Å². The molecular weight excluding hydrogens is 345 g/mol. The van der Waals surface area contributed by atoms with E-state index in [1.807, 2.05) is 0 Å². The molecule has 1 N–H and O–H groups in total. The Morgan fingerprint density at radius 1 is 1.57 bits per heavy atom. The van der Waals surface area contributed by atoms with E-state index in [1.54, 1.807) is 19.9 Å². The normalized spacial score (nSPS) is 12.0. The molecule has 0 spiro atoms. The van der Waals surface area contributed by atoms with Crippen molar-refractivity contribution in [1.29, 1.82) is 0 Å². The molecule has 1 aromatic carbocycles. The fourth-order valence-corrected chi connectivity index (χ4v) is 1.90. The average molecular weight is 358 g/mol. The second-order valence-electron chi connectivity index (χ2n) is 4.33. The van der Waals surface area contributed by atoms with Gasteiger partial charge in [0.05, 0.1) is 0 Å². The zero-order chi connectivity index (χ0) is 15.4. The van der Waals surface area contributed by atoms with E-state index in [4.69, 9.17) is 9.26 Å². The number of carbonyl (C=O) groups is 1. The van der Waals surface area contributed by atoms with Gasteiger partial charge in [0.15, 0.2) is 24.0 Å². The van der Waals surface area contributed by atoms with Crippen molar-refractivity contribution < 1.29 is 18.4 Å². The van der Waals surface area contributed by atoms with Gasteiger partial charge in [0, 0.05) is 4.47 Å². The zero-order valence-corrected chi connectivity index (χ0v) is 13.0. The van der Waals surface area contributed by atoms with Crippen molar-refractivity contribution in [1.82, 2.24) is 15.5 Å². The second-order valence-corrected chi connectivity index (χ2v) is 5.25. The molecular formula is C13H13BrFN3O3. The van der Waals surface area contributed by atoms with Gasteiger partial charge in [0.2, 0.25) is 5.89 Å². The van der Waals surface area contributed by atoms with E-state index in [-0.39, 0.29) is 12.4 Å². The van der Waals surface area contributed by atoms with Crippen molar-refractivity contribution in [2.45, 2.75) is 19.9 Å². The number of ether oxygens (including phenoxy) is 1. The molecule has 0 unspecified atom stereocenters. The number of carbonyl (C=O) groups excluding carboxylic acids is 1. The first kappa shape index (κ1) is 15.4. The summed E-state index contributed by atoms with van der Waals surface area (Å²) in [4.78, 5) is 15.7. The third kappa shape index (κ3) is 4.25. The molecule has 1 aromatic heterocycles. The van der Waals surface area contributed by atoms with Gasteiger partial charge < -0.3 is 14.6 Å². The summed E-state index contributed by atoms with van der Waals surface area (Å²) in [5.41, 5.74) is 0. The molecule has 2 rings (SSSR count). The molecule has 0 aliphatic rings. The number of benzene rings is 1. The smallest absolute Gasteiger partial charge is 0.258 e. The highest BCUT2D eigenvalue weighted by Crippen LogP contribution is 2.21. The minimum absolute atomic E-state index is 0.00892. The number of aromatic nitrogens is 2. The summed E-state index contributed by atoms with van der Waals surface area (Å²) < 4.78 is 24.2. The average Bonchev–Trinajstić information content (AvgIpc) is 2.84. The molecule has 0 fully saturated rings. The summed E-state index contributed by atoms with van der Waals surface area (Å²) in [5.74, 6) is -0.164. The molecule has 0 saturated heterocycles. The molecule has 21 heavy (non-hydrogen) atoms. The second kappa shape index (κ2) is 6.66. The van der Waals surface area contributed by atoms with E-state index < -0.39 is 17.8 Å². The molecule has 8 heteroatoms. The molecule has 1 amide bonds. The fraction of sp³-hybridized carbons (Fsp3) is 0.308. The van der Waals surface area contributed by atoms with E-state index in [0.717, 1.165) is 0 Å². The highest BCUT2D eigenvalue weighted by molar-refractivity contribution is 9.10. The number of aryl methyl sites for hydroxylation is 1. The maximum Gasteiger partial charge on any atom is 0.258 e. The van der Waals surface area contributed by atoms with Crippen LogP contribution in [0.4, 0.5) is 4.39 Å². The van der Waals surface area contributed by atoms with Gasteiger partial charge in [-0.2, -0.15) is 4.98 Å². The van der Waals surface area contributed by atoms with Crippen LogP contribution in [0.1, 0.15) is 24.7 Å². The van der Waals surface area contributed by atoms with E-state index in [0.29, 0.717) is 16.2 Å². The Bertz CT molecular complexity index is 647. The SMILES string of the molecule is Cc1noc([C@H](C)NC(=O)COc2ccc(Br)cc2F)n1. The topological polar surface area (TPSA) is 77.2 Å². The number of hydrogen-bond acceptors (Lipinski definition) is 5. The van der Waals surface area contributed by atoms with Gasteiger partial charge in [-0.1, -0.05) is 21.1 Å². The Morgan fingerprint density at radius 3 is 2.95 bits per heavy atom. The third-order valence-electron chi connectivity index (χ3n) is 2.54. The molecule has 1 atom stereocenters. The van der Waals surface area contributed by atoms with E-state index in [2.05, 4.69) is 31.4 Å². The van der Waals surface area contributed by atoms with Crippen LogP contribution < -0.4 is 10.1 Å². The summed E-state index contributed by atoms with van der Waals surface area (Å²) in [5, 5.41) is 6.25. The van der Waals surface area contributed by atoms with Crippen molar-refractivity contribution >= 4 is 21.8 Å². The lowest BCUT2D eigenvalue weighted by Gasteiger charge is -2.11. The van der Waals surface area contributed by atoms with Crippen molar-refractivity contribution in [2.75, 3.05) is 6.61 Å². The predicted octanol–water partition coefficient (Wildman–Crippen LogP) is 2.54. The first-order valence-corrected chi connectivity index (χ1v) is 6.92. The first-order chi connectivity index (χ1) is 9.95. The highest BCUT2D eigenvalue weighted by atomic mass is 79.9. The highest BCUT2D eigenvalue weighted by Gasteiger charge is 2.16. The molecule has 6 nitrogen and oxygen atoms in total.